The van der Waals surface area contributed by atoms with Gasteiger partial charge in [-0.05, 0) is 79.8 Å². The maximum atomic E-state index is 14.3. The monoisotopic (exact) mass is 737 g/mol. The van der Waals surface area contributed by atoms with Gasteiger partial charge in [0.2, 0.25) is 5.95 Å². The Kier molecular flexibility index (Phi) is 10.0. The number of ether oxygens (including phenoxy) is 1. The fourth-order valence-corrected chi connectivity index (χ4v) is 7.33. The van der Waals surface area contributed by atoms with Gasteiger partial charge in [-0.1, -0.05) is 24.3 Å². The summed E-state index contributed by atoms with van der Waals surface area (Å²) < 4.78 is 59.5. The second-order valence-corrected chi connectivity index (χ2v) is 15.3. The average Bonchev–Trinajstić information content (AvgIpc) is 3.56. The van der Waals surface area contributed by atoms with Crippen molar-refractivity contribution in [2.24, 2.45) is 5.92 Å². The minimum atomic E-state index is -2.97. The van der Waals surface area contributed by atoms with Crippen molar-refractivity contribution in [3.05, 3.63) is 115 Å². The molecule has 1 aliphatic heterocycles. The topological polar surface area (TPSA) is 131 Å². The van der Waals surface area contributed by atoms with E-state index in [1.165, 1.54) is 12.3 Å². The lowest BCUT2D eigenvalue weighted by atomic mass is 9.94. The normalized spacial score (nSPS) is 13.6. The van der Waals surface area contributed by atoms with Gasteiger partial charge in [0, 0.05) is 54.6 Å². The second-order valence-electron chi connectivity index (χ2n) is 13.0. The molecule has 1 amide bonds. The summed E-state index contributed by atoms with van der Waals surface area (Å²) in [7, 11) is -1.37. The van der Waals surface area contributed by atoms with E-state index in [0.717, 1.165) is 43.8 Å². The SMILES string of the molecule is COc1cc(N2CCC(CCS(C)(=O)=O)CC2)ccc1Nc1nccc(-c2c(-c3cccc(C(=O)Nc4c(F)cccc4F)c3)nc3ccccn23)n1. The molecule has 0 unspecified atom stereocenters. The molecule has 0 bridgehead atoms. The fourth-order valence-electron chi connectivity index (χ4n) is 6.56. The highest BCUT2D eigenvalue weighted by atomic mass is 32.2. The Balaban J connectivity index is 1.14. The van der Waals surface area contributed by atoms with Crippen LogP contribution in [0, 0.1) is 17.6 Å². The summed E-state index contributed by atoms with van der Waals surface area (Å²) in [5, 5.41) is 5.64. The predicted octanol–water partition coefficient (Wildman–Crippen LogP) is 7.39. The summed E-state index contributed by atoms with van der Waals surface area (Å²) in [6.45, 7) is 1.66. The minimum Gasteiger partial charge on any atom is -0.494 e. The Labute approximate surface area is 305 Å². The van der Waals surface area contributed by atoms with Gasteiger partial charge in [0.05, 0.1) is 35.6 Å². The van der Waals surface area contributed by atoms with Gasteiger partial charge in [-0.2, -0.15) is 0 Å². The van der Waals surface area contributed by atoms with Crippen LogP contribution in [0.15, 0.2) is 97.3 Å². The molecule has 0 saturated carbocycles. The van der Waals surface area contributed by atoms with E-state index in [1.54, 1.807) is 43.6 Å². The average molecular weight is 738 g/mol. The zero-order valence-corrected chi connectivity index (χ0v) is 29.9. The van der Waals surface area contributed by atoms with Crippen LogP contribution in [0.25, 0.3) is 28.3 Å². The van der Waals surface area contributed by atoms with Crippen molar-refractivity contribution in [2.75, 3.05) is 47.7 Å². The first-order chi connectivity index (χ1) is 25.6. The molecule has 53 heavy (non-hydrogen) atoms. The molecule has 3 aromatic heterocycles. The van der Waals surface area contributed by atoms with Crippen LogP contribution in [0.5, 0.6) is 5.75 Å². The van der Waals surface area contributed by atoms with Crippen LogP contribution in [-0.4, -0.2) is 65.9 Å². The fraction of sp³-hybridized carbons (Fsp3) is 0.231. The number of piperidine rings is 1. The third-order valence-electron chi connectivity index (χ3n) is 9.34. The van der Waals surface area contributed by atoms with E-state index in [9.17, 15) is 22.0 Å². The number of fused-ring (bicyclic) bond motifs is 1. The lowest BCUT2D eigenvalue weighted by Gasteiger charge is -2.34. The Morgan fingerprint density at radius 1 is 0.943 bits per heavy atom. The molecule has 2 N–H and O–H groups in total. The van der Waals surface area contributed by atoms with Gasteiger partial charge in [-0.25, -0.2) is 32.2 Å². The molecule has 1 saturated heterocycles. The molecule has 3 aromatic carbocycles. The number of para-hydroxylation sites is 1. The number of hydrogen-bond acceptors (Lipinski definition) is 9. The first-order valence-electron chi connectivity index (χ1n) is 17.1. The molecule has 6 aromatic rings. The Morgan fingerprint density at radius 2 is 1.72 bits per heavy atom. The molecule has 0 atom stereocenters. The summed E-state index contributed by atoms with van der Waals surface area (Å²) >= 11 is 0. The molecule has 272 valence electrons. The zero-order valence-electron chi connectivity index (χ0n) is 29.1. The highest BCUT2D eigenvalue weighted by molar-refractivity contribution is 7.90. The van der Waals surface area contributed by atoms with Crippen molar-refractivity contribution < 1.29 is 26.7 Å². The third-order valence-corrected chi connectivity index (χ3v) is 10.3. The molecular formula is C39H37F2N7O4S. The number of benzene rings is 3. The summed E-state index contributed by atoms with van der Waals surface area (Å²) in [4.78, 5) is 29.6. The van der Waals surface area contributed by atoms with Crippen molar-refractivity contribution in [1.29, 1.82) is 0 Å². The number of imidazole rings is 1. The number of methoxy groups -OCH3 is 1. The van der Waals surface area contributed by atoms with Crippen LogP contribution >= 0.6 is 0 Å². The number of sulfone groups is 1. The second kappa shape index (κ2) is 15.0. The van der Waals surface area contributed by atoms with Crippen molar-refractivity contribution in [3.8, 4) is 28.4 Å². The number of aromatic nitrogens is 4. The maximum Gasteiger partial charge on any atom is 0.255 e. The van der Waals surface area contributed by atoms with Gasteiger partial charge in [0.25, 0.3) is 5.91 Å². The van der Waals surface area contributed by atoms with Crippen molar-refractivity contribution in [1.82, 2.24) is 19.4 Å². The van der Waals surface area contributed by atoms with E-state index in [4.69, 9.17) is 14.7 Å². The molecular weight excluding hydrogens is 701 g/mol. The largest absolute Gasteiger partial charge is 0.494 e. The van der Waals surface area contributed by atoms with Crippen LogP contribution in [0.4, 0.5) is 31.8 Å². The molecule has 7 rings (SSSR count). The molecule has 1 fully saturated rings. The molecule has 0 radical (unpaired) electrons. The summed E-state index contributed by atoms with van der Waals surface area (Å²) in [6.07, 6.45) is 7.33. The molecule has 4 heterocycles. The maximum absolute atomic E-state index is 14.3. The van der Waals surface area contributed by atoms with Gasteiger partial charge in [-0.3, -0.25) is 9.20 Å². The highest BCUT2D eigenvalue weighted by Gasteiger charge is 2.23. The molecule has 14 heteroatoms. The summed E-state index contributed by atoms with van der Waals surface area (Å²) in [5.41, 5.74) is 4.31. The molecule has 11 nitrogen and oxygen atoms in total. The summed E-state index contributed by atoms with van der Waals surface area (Å²) in [5.74, 6) is -0.890. The highest BCUT2D eigenvalue weighted by Crippen LogP contribution is 2.36. The van der Waals surface area contributed by atoms with E-state index >= 15 is 0 Å². The number of carbonyl (C=O) groups is 1. The molecule has 1 aliphatic rings. The quantitative estimate of drug-likeness (QED) is 0.140. The van der Waals surface area contributed by atoms with Gasteiger partial charge in [0.1, 0.15) is 38.6 Å². The number of halogens is 2. The Bertz CT molecular complexity index is 2390. The first kappa shape index (κ1) is 35.5. The first-order valence-corrected chi connectivity index (χ1v) is 19.2. The number of rotatable bonds is 11. The standard InChI is InChI=1S/C39H37F2N7O4S/c1-52-33-24-28(47-20-15-25(16-21-47)17-22-53(2,50)51)12-13-31(33)43-39-42-18-14-32(44-39)37-35(45-34-11-3-4-19-48(34)37)26-7-5-8-27(23-26)38(49)46-36-29(40)9-6-10-30(36)41/h3-14,18-19,23-25H,15-17,20-22H2,1-2H3,(H,46,49)(H,42,43,44). The Morgan fingerprint density at radius 3 is 2.47 bits per heavy atom. The lowest BCUT2D eigenvalue weighted by Crippen LogP contribution is -2.34. The predicted molar refractivity (Wildman–Crippen MR) is 202 cm³/mol. The van der Waals surface area contributed by atoms with Crippen molar-refractivity contribution in [2.45, 2.75) is 19.3 Å². The van der Waals surface area contributed by atoms with Gasteiger partial charge in [-0.15, -0.1) is 0 Å². The number of carbonyl (C=O) groups excluding carboxylic acids is 1. The van der Waals surface area contributed by atoms with E-state index < -0.39 is 33.1 Å². The van der Waals surface area contributed by atoms with E-state index in [2.05, 4.69) is 20.5 Å². The van der Waals surface area contributed by atoms with E-state index in [0.29, 0.717) is 58.0 Å². The third kappa shape index (κ3) is 7.97. The van der Waals surface area contributed by atoms with Crippen LogP contribution in [0.1, 0.15) is 29.6 Å². The van der Waals surface area contributed by atoms with Crippen molar-refractivity contribution >= 4 is 44.4 Å². The number of hydrogen-bond donors (Lipinski definition) is 2. The number of nitrogens with one attached hydrogen (secondary N) is 2. The van der Waals surface area contributed by atoms with Gasteiger partial charge in [0.15, 0.2) is 0 Å². The van der Waals surface area contributed by atoms with E-state index in [-0.39, 0.29) is 11.3 Å². The molecule has 0 aliphatic carbocycles. The van der Waals surface area contributed by atoms with Crippen molar-refractivity contribution in [3.63, 3.8) is 0 Å². The van der Waals surface area contributed by atoms with Crippen LogP contribution in [-0.2, 0) is 9.84 Å². The smallest absolute Gasteiger partial charge is 0.255 e. The van der Waals surface area contributed by atoms with E-state index in [1.807, 2.05) is 47.0 Å². The Hall–Kier alpha value is -5.89. The van der Waals surface area contributed by atoms with Gasteiger partial charge < -0.3 is 20.3 Å². The van der Waals surface area contributed by atoms with Crippen LogP contribution in [0.3, 0.4) is 0 Å². The van der Waals surface area contributed by atoms with Crippen LogP contribution in [0.2, 0.25) is 0 Å². The number of anilines is 4. The zero-order chi connectivity index (χ0) is 37.1. The summed E-state index contributed by atoms with van der Waals surface area (Å²) in [6, 6.07) is 23.3. The number of amides is 1. The molecule has 0 spiro atoms. The van der Waals surface area contributed by atoms with Gasteiger partial charge >= 0.3 is 0 Å². The minimum absolute atomic E-state index is 0.185. The number of nitrogens with zero attached hydrogens (tertiary/aromatic N) is 5. The lowest BCUT2D eigenvalue weighted by molar-refractivity contribution is 0.102. The van der Waals surface area contributed by atoms with Crippen LogP contribution < -0.4 is 20.3 Å². The number of pyridine rings is 1.